The molecule has 42 heavy (non-hydrogen) atoms. The van der Waals surface area contributed by atoms with Crippen LogP contribution in [0.2, 0.25) is 18.1 Å². The van der Waals surface area contributed by atoms with Gasteiger partial charge in [0, 0.05) is 24.8 Å². The maximum Gasteiger partial charge on any atom is 0.303 e. The standard InChI is InChI=1S/C34H56N2O5Si/c1-23(16-14-12-13-15-17-29(37)26-18-19-28-27(22-26)35-25(3)36(28)9)31(41-42(10,11)33(4,5)6)24(2)32(40)34(7,8)21-20-30(38)39/h13,15,18-19,22-24,29,31,37H,12,14,16-17,20-21H2,1-11H3,(H,38,39)/b15-13-/t23-,24+,29-,31-/m0/s1. The molecule has 236 valence electrons. The van der Waals surface area contributed by atoms with Crippen molar-refractivity contribution in [2.24, 2.45) is 24.3 Å². The summed E-state index contributed by atoms with van der Waals surface area (Å²) in [4.78, 5) is 29.4. The number of aliphatic carboxylic acids is 1. The van der Waals surface area contributed by atoms with Crippen molar-refractivity contribution in [3.8, 4) is 0 Å². The van der Waals surface area contributed by atoms with Gasteiger partial charge in [0.1, 0.15) is 11.6 Å². The minimum atomic E-state index is -2.15. The number of carboxylic acid groups (broad SMARTS) is 1. The molecular formula is C34H56N2O5Si. The molecule has 0 fully saturated rings. The van der Waals surface area contributed by atoms with E-state index in [1.54, 1.807) is 0 Å². The lowest BCUT2D eigenvalue weighted by Crippen LogP contribution is -2.50. The monoisotopic (exact) mass is 600 g/mol. The highest BCUT2D eigenvalue weighted by Crippen LogP contribution is 2.41. The Morgan fingerprint density at radius 3 is 2.36 bits per heavy atom. The number of aliphatic hydroxyl groups excluding tert-OH is 1. The van der Waals surface area contributed by atoms with E-state index in [1.807, 2.05) is 63.6 Å². The van der Waals surface area contributed by atoms with Crippen molar-refractivity contribution in [3.05, 3.63) is 41.7 Å². The van der Waals surface area contributed by atoms with Gasteiger partial charge >= 0.3 is 5.97 Å². The fraction of sp³-hybridized carbons (Fsp3) is 0.676. The number of nitrogens with zero attached hydrogens (tertiary/aromatic N) is 2. The van der Waals surface area contributed by atoms with Gasteiger partial charge in [0.25, 0.3) is 0 Å². The topological polar surface area (TPSA) is 102 Å². The summed E-state index contributed by atoms with van der Waals surface area (Å²) in [5, 5.41) is 19.9. The number of imidazole rings is 1. The van der Waals surface area contributed by atoms with Crippen molar-refractivity contribution in [2.75, 3.05) is 0 Å². The molecule has 1 aromatic carbocycles. The third kappa shape index (κ3) is 9.35. The first-order chi connectivity index (χ1) is 19.3. The Labute approximate surface area is 254 Å². The summed E-state index contributed by atoms with van der Waals surface area (Å²) in [6.45, 7) is 20.9. The molecule has 2 aromatic rings. The van der Waals surface area contributed by atoms with E-state index in [4.69, 9.17) is 4.43 Å². The molecular weight excluding hydrogens is 544 g/mol. The Balaban J connectivity index is 2.02. The average Bonchev–Trinajstić information content (AvgIpc) is 3.18. The molecule has 0 aliphatic heterocycles. The quantitative estimate of drug-likeness (QED) is 0.115. The molecule has 4 atom stereocenters. The van der Waals surface area contributed by atoms with E-state index >= 15 is 0 Å². The minimum absolute atomic E-state index is 0.00999. The van der Waals surface area contributed by atoms with Crippen LogP contribution in [0.4, 0.5) is 0 Å². The highest BCUT2D eigenvalue weighted by Gasteiger charge is 2.44. The second-order valence-electron chi connectivity index (χ2n) is 14.4. The first-order valence-electron chi connectivity index (χ1n) is 15.5. The van der Waals surface area contributed by atoms with E-state index in [9.17, 15) is 19.8 Å². The van der Waals surface area contributed by atoms with Crippen molar-refractivity contribution in [2.45, 2.75) is 124 Å². The van der Waals surface area contributed by atoms with Gasteiger partial charge in [-0.2, -0.15) is 0 Å². The van der Waals surface area contributed by atoms with Gasteiger partial charge in [-0.1, -0.05) is 66.7 Å². The number of rotatable bonds is 16. The Bertz CT molecular complexity index is 1240. The van der Waals surface area contributed by atoms with Crippen molar-refractivity contribution in [3.63, 3.8) is 0 Å². The fourth-order valence-corrected chi connectivity index (χ4v) is 6.75. The number of benzene rings is 1. The number of hydrogen-bond acceptors (Lipinski definition) is 5. The van der Waals surface area contributed by atoms with Crippen LogP contribution in [-0.4, -0.2) is 45.9 Å². The third-order valence-electron chi connectivity index (χ3n) is 9.40. The van der Waals surface area contributed by atoms with Gasteiger partial charge < -0.3 is 19.2 Å². The van der Waals surface area contributed by atoms with Crippen LogP contribution in [0.25, 0.3) is 11.0 Å². The van der Waals surface area contributed by atoms with Crippen molar-refractivity contribution in [1.82, 2.24) is 9.55 Å². The average molecular weight is 601 g/mol. The number of aromatic nitrogens is 2. The molecule has 0 spiro atoms. The molecule has 0 radical (unpaired) electrons. The smallest absolute Gasteiger partial charge is 0.303 e. The van der Waals surface area contributed by atoms with Gasteiger partial charge in [-0.05, 0) is 80.8 Å². The van der Waals surface area contributed by atoms with Gasteiger partial charge in [-0.25, -0.2) is 4.98 Å². The minimum Gasteiger partial charge on any atom is -0.481 e. The Hall–Kier alpha value is -2.29. The van der Waals surface area contributed by atoms with Gasteiger partial charge in [0.05, 0.1) is 23.2 Å². The van der Waals surface area contributed by atoms with Crippen molar-refractivity contribution in [1.29, 1.82) is 0 Å². The van der Waals surface area contributed by atoms with E-state index in [2.05, 4.69) is 51.8 Å². The molecule has 0 unspecified atom stereocenters. The van der Waals surface area contributed by atoms with Crippen LogP contribution in [0.5, 0.6) is 0 Å². The highest BCUT2D eigenvalue weighted by molar-refractivity contribution is 6.74. The predicted molar refractivity (Wildman–Crippen MR) is 174 cm³/mol. The van der Waals surface area contributed by atoms with Crippen LogP contribution in [0.3, 0.4) is 0 Å². The number of hydrogen-bond donors (Lipinski definition) is 2. The number of carboxylic acids is 1. The lowest BCUT2D eigenvalue weighted by molar-refractivity contribution is -0.139. The van der Waals surface area contributed by atoms with E-state index in [0.717, 1.165) is 41.7 Å². The number of fused-ring (bicyclic) bond motifs is 1. The van der Waals surface area contributed by atoms with E-state index in [1.165, 1.54) is 0 Å². The molecule has 7 nitrogen and oxygen atoms in total. The SMILES string of the molecule is Cc1nc2cc([C@@H](O)C/C=C\CCC[C@H](C)[C@H](O[Si](C)(C)C(C)(C)C)[C@@H](C)C(=O)C(C)(C)CCC(=O)O)ccc2n1C. The largest absolute Gasteiger partial charge is 0.481 e. The number of ketones is 1. The van der Waals surface area contributed by atoms with Gasteiger partial charge in [-0.15, -0.1) is 0 Å². The summed E-state index contributed by atoms with van der Waals surface area (Å²) in [5.41, 5.74) is 2.10. The van der Waals surface area contributed by atoms with Crippen LogP contribution in [0.15, 0.2) is 30.4 Å². The molecule has 0 aliphatic carbocycles. The molecule has 0 aliphatic rings. The summed E-state index contributed by atoms with van der Waals surface area (Å²) in [6, 6.07) is 5.95. The van der Waals surface area contributed by atoms with Crippen LogP contribution >= 0.6 is 0 Å². The van der Waals surface area contributed by atoms with Crippen LogP contribution in [0.1, 0.15) is 104 Å². The third-order valence-corrected chi connectivity index (χ3v) is 13.9. The molecule has 0 saturated heterocycles. The number of unbranched alkanes of at least 4 members (excludes halogenated alkanes) is 1. The molecule has 2 rings (SSSR count). The Kier molecular flexibility index (Phi) is 12.4. The molecule has 0 amide bonds. The van der Waals surface area contributed by atoms with Crippen LogP contribution < -0.4 is 0 Å². The summed E-state index contributed by atoms with van der Waals surface area (Å²) in [5.74, 6) is -0.0174. The second kappa shape index (κ2) is 14.5. The zero-order valence-electron chi connectivity index (χ0n) is 28.0. The highest BCUT2D eigenvalue weighted by atomic mass is 28.4. The Morgan fingerprint density at radius 2 is 1.76 bits per heavy atom. The van der Waals surface area contributed by atoms with E-state index in [0.29, 0.717) is 12.8 Å². The van der Waals surface area contributed by atoms with Crippen molar-refractivity contribution >= 4 is 31.1 Å². The lowest BCUT2D eigenvalue weighted by atomic mass is 9.74. The van der Waals surface area contributed by atoms with Crippen LogP contribution in [0, 0.1) is 24.2 Å². The molecule has 1 heterocycles. The van der Waals surface area contributed by atoms with Gasteiger partial charge in [0.2, 0.25) is 0 Å². The number of aryl methyl sites for hydroxylation is 2. The summed E-state index contributed by atoms with van der Waals surface area (Å²) < 4.78 is 8.96. The summed E-state index contributed by atoms with van der Waals surface area (Å²) in [7, 11) is -0.159. The number of Topliss-reactive ketones (excluding diaryl/α,β-unsaturated/α-hetero) is 1. The number of carbonyl (C=O) groups is 2. The summed E-state index contributed by atoms with van der Waals surface area (Å²) >= 11 is 0. The maximum absolute atomic E-state index is 13.6. The second-order valence-corrected chi connectivity index (χ2v) is 19.1. The van der Waals surface area contributed by atoms with Gasteiger partial charge in [0.15, 0.2) is 8.32 Å². The summed E-state index contributed by atoms with van der Waals surface area (Å²) in [6.07, 6.45) is 6.96. The number of allylic oxidation sites excluding steroid dienone is 1. The molecule has 0 bridgehead atoms. The number of carbonyl (C=O) groups excluding carboxylic acids is 1. The van der Waals surface area contributed by atoms with E-state index < -0.39 is 25.8 Å². The van der Waals surface area contributed by atoms with Crippen molar-refractivity contribution < 1.29 is 24.2 Å². The molecule has 2 N–H and O–H groups in total. The Morgan fingerprint density at radius 1 is 1.12 bits per heavy atom. The molecule has 1 aromatic heterocycles. The van der Waals surface area contributed by atoms with Crippen LogP contribution in [-0.2, 0) is 21.1 Å². The van der Waals surface area contributed by atoms with Gasteiger partial charge in [-0.3, -0.25) is 9.59 Å². The normalized spacial score (nSPS) is 16.1. The van der Waals surface area contributed by atoms with E-state index in [-0.39, 0.29) is 35.2 Å². The first-order valence-corrected chi connectivity index (χ1v) is 18.4. The predicted octanol–water partition coefficient (Wildman–Crippen LogP) is 8.15. The zero-order valence-corrected chi connectivity index (χ0v) is 29.0. The molecule has 0 saturated carbocycles. The fourth-order valence-electron chi connectivity index (χ4n) is 5.28. The zero-order chi connectivity index (χ0) is 32.0. The molecule has 8 heteroatoms. The lowest BCUT2D eigenvalue weighted by Gasteiger charge is -2.43. The first kappa shape index (κ1) is 35.9. The maximum atomic E-state index is 13.6. The number of aliphatic hydroxyl groups is 1.